The predicted octanol–water partition coefficient (Wildman–Crippen LogP) is -0.325. The fraction of sp³-hybridized carbons (Fsp3) is 0.538. The molecule has 1 fully saturated rings. The fourth-order valence-corrected chi connectivity index (χ4v) is 3.33. The van der Waals surface area contributed by atoms with Crippen molar-refractivity contribution in [1.82, 2.24) is 24.0 Å². The molecule has 0 saturated carbocycles. The molecule has 1 aliphatic heterocycles. The van der Waals surface area contributed by atoms with Crippen molar-refractivity contribution in [2.24, 2.45) is 14.1 Å². The molecule has 8 nitrogen and oxygen atoms in total. The van der Waals surface area contributed by atoms with E-state index in [-0.39, 0.29) is 17.2 Å². The van der Waals surface area contributed by atoms with Gasteiger partial charge in [0.15, 0.2) is 16.3 Å². The highest BCUT2D eigenvalue weighted by atomic mass is 32.2. The van der Waals surface area contributed by atoms with Crippen molar-refractivity contribution in [3.05, 3.63) is 20.8 Å². The number of rotatable bonds is 3. The zero-order chi connectivity index (χ0) is 15.9. The molecule has 3 rings (SSSR count). The van der Waals surface area contributed by atoms with Crippen molar-refractivity contribution in [3.63, 3.8) is 0 Å². The van der Waals surface area contributed by atoms with Crippen LogP contribution in [-0.4, -0.2) is 48.8 Å². The number of hydrogen-bond donors (Lipinski definition) is 1. The van der Waals surface area contributed by atoms with Crippen LogP contribution >= 0.6 is 11.8 Å². The Morgan fingerprint density at radius 2 is 1.91 bits per heavy atom. The first-order valence-electron chi connectivity index (χ1n) is 7.05. The zero-order valence-electron chi connectivity index (χ0n) is 12.5. The van der Waals surface area contributed by atoms with Gasteiger partial charge in [0.25, 0.3) is 5.56 Å². The number of nitrogens with one attached hydrogen (secondary N) is 1. The third-order valence-corrected chi connectivity index (χ3v) is 4.72. The molecule has 0 atom stereocenters. The Balaban J connectivity index is 1.85. The monoisotopic (exact) mass is 323 g/mol. The van der Waals surface area contributed by atoms with Gasteiger partial charge in [0.1, 0.15) is 0 Å². The summed E-state index contributed by atoms with van der Waals surface area (Å²) in [5, 5.41) is 0.473. The van der Waals surface area contributed by atoms with Crippen LogP contribution in [0.1, 0.15) is 12.8 Å². The highest BCUT2D eigenvalue weighted by molar-refractivity contribution is 7.99. The number of likely N-dealkylation sites (tertiary alicyclic amines) is 1. The largest absolute Gasteiger partial charge is 0.342 e. The number of carbonyl (C=O) groups is 1. The lowest BCUT2D eigenvalue weighted by atomic mass is 10.4. The van der Waals surface area contributed by atoms with Crippen LogP contribution in [-0.2, 0) is 18.9 Å². The second-order valence-corrected chi connectivity index (χ2v) is 6.29. The van der Waals surface area contributed by atoms with E-state index < -0.39 is 11.2 Å². The molecule has 2 aromatic heterocycles. The molecule has 1 amide bonds. The van der Waals surface area contributed by atoms with Crippen LogP contribution < -0.4 is 11.2 Å². The molecule has 0 radical (unpaired) electrons. The summed E-state index contributed by atoms with van der Waals surface area (Å²) >= 11 is 1.25. The first-order chi connectivity index (χ1) is 10.5. The molecule has 0 bridgehead atoms. The van der Waals surface area contributed by atoms with Crippen molar-refractivity contribution in [3.8, 4) is 0 Å². The normalized spacial score (nSPS) is 14.9. The van der Waals surface area contributed by atoms with Crippen LogP contribution in [0.4, 0.5) is 0 Å². The quantitative estimate of drug-likeness (QED) is 0.781. The van der Waals surface area contributed by atoms with Crippen molar-refractivity contribution in [1.29, 1.82) is 0 Å². The van der Waals surface area contributed by atoms with Gasteiger partial charge in [0.2, 0.25) is 5.91 Å². The van der Waals surface area contributed by atoms with Crippen molar-refractivity contribution >= 4 is 28.8 Å². The summed E-state index contributed by atoms with van der Waals surface area (Å²) in [6, 6.07) is 0. The molecule has 1 saturated heterocycles. The van der Waals surface area contributed by atoms with Gasteiger partial charge in [-0.1, -0.05) is 11.8 Å². The summed E-state index contributed by atoms with van der Waals surface area (Å²) in [6.45, 7) is 1.63. The standard InChI is InChI=1S/C13H17N5O3S/c1-16-10-9(11(20)17(2)13(16)21)14-12(15-10)22-7-8(19)18-5-3-4-6-18/h3-7H2,1-2H3,(H,14,15). The van der Waals surface area contributed by atoms with Gasteiger partial charge in [-0.05, 0) is 12.8 Å². The van der Waals surface area contributed by atoms with Crippen molar-refractivity contribution in [2.75, 3.05) is 18.8 Å². The molecule has 22 heavy (non-hydrogen) atoms. The lowest BCUT2D eigenvalue weighted by molar-refractivity contribution is -0.127. The highest BCUT2D eigenvalue weighted by Crippen LogP contribution is 2.18. The van der Waals surface area contributed by atoms with E-state index in [4.69, 9.17) is 0 Å². The number of hydrogen-bond acceptors (Lipinski definition) is 5. The average molecular weight is 323 g/mol. The Labute approximate surface area is 130 Å². The van der Waals surface area contributed by atoms with E-state index in [1.54, 1.807) is 7.05 Å². The van der Waals surface area contributed by atoms with Gasteiger partial charge < -0.3 is 9.88 Å². The minimum atomic E-state index is -0.423. The van der Waals surface area contributed by atoms with Gasteiger partial charge in [-0.25, -0.2) is 9.78 Å². The molecule has 118 valence electrons. The number of aromatic amines is 1. The van der Waals surface area contributed by atoms with E-state index in [0.717, 1.165) is 30.5 Å². The lowest BCUT2D eigenvalue weighted by Gasteiger charge is -2.13. The molecule has 0 aromatic carbocycles. The number of amides is 1. The van der Waals surface area contributed by atoms with E-state index >= 15 is 0 Å². The second kappa shape index (κ2) is 5.64. The van der Waals surface area contributed by atoms with E-state index in [2.05, 4.69) is 9.97 Å². The Kier molecular flexibility index (Phi) is 3.81. The number of H-pyrrole nitrogens is 1. The van der Waals surface area contributed by atoms with Crippen molar-refractivity contribution < 1.29 is 4.79 Å². The minimum absolute atomic E-state index is 0.0738. The molecule has 1 N–H and O–H groups in total. The Hall–Kier alpha value is -2.03. The number of aromatic nitrogens is 4. The third kappa shape index (κ3) is 2.45. The SMILES string of the molecule is Cn1c(=O)c2[nH]c(SCC(=O)N3CCCC3)nc2n(C)c1=O. The van der Waals surface area contributed by atoms with Crippen LogP contribution in [0.3, 0.4) is 0 Å². The molecular formula is C13H17N5O3S. The predicted molar refractivity (Wildman–Crippen MR) is 83.1 cm³/mol. The summed E-state index contributed by atoms with van der Waals surface area (Å²) < 4.78 is 2.35. The molecular weight excluding hydrogens is 306 g/mol. The van der Waals surface area contributed by atoms with E-state index in [1.165, 1.54) is 23.4 Å². The number of nitrogens with zero attached hydrogens (tertiary/aromatic N) is 4. The summed E-state index contributed by atoms with van der Waals surface area (Å²) in [5.41, 5.74) is -0.248. The molecule has 1 aliphatic rings. The van der Waals surface area contributed by atoms with Crippen LogP contribution in [0, 0.1) is 0 Å². The van der Waals surface area contributed by atoms with Gasteiger partial charge in [0.05, 0.1) is 5.75 Å². The van der Waals surface area contributed by atoms with E-state index in [9.17, 15) is 14.4 Å². The molecule has 9 heteroatoms. The zero-order valence-corrected chi connectivity index (χ0v) is 13.3. The Morgan fingerprint density at radius 3 is 2.59 bits per heavy atom. The fourth-order valence-electron chi connectivity index (χ4n) is 2.56. The number of carbonyl (C=O) groups excluding carboxylic acids is 1. The summed E-state index contributed by atoms with van der Waals surface area (Å²) in [7, 11) is 2.99. The molecule has 0 unspecified atom stereocenters. The molecule has 0 spiro atoms. The number of fused-ring (bicyclic) bond motifs is 1. The van der Waals surface area contributed by atoms with Gasteiger partial charge in [-0.2, -0.15) is 0 Å². The van der Waals surface area contributed by atoms with Crippen molar-refractivity contribution in [2.45, 2.75) is 18.0 Å². The summed E-state index contributed by atoms with van der Waals surface area (Å²) in [6.07, 6.45) is 2.11. The van der Waals surface area contributed by atoms with Crippen LogP contribution in [0.5, 0.6) is 0 Å². The summed E-state index contributed by atoms with van der Waals surface area (Å²) in [5.74, 6) is 0.346. The van der Waals surface area contributed by atoms with E-state index in [1.807, 2.05) is 4.90 Å². The van der Waals surface area contributed by atoms with Gasteiger partial charge >= 0.3 is 5.69 Å². The third-order valence-electron chi connectivity index (χ3n) is 3.86. The van der Waals surface area contributed by atoms with Gasteiger partial charge in [-0.3, -0.25) is 18.7 Å². The lowest BCUT2D eigenvalue weighted by Crippen LogP contribution is -2.36. The van der Waals surface area contributed by atoms with Crippen LogP contribution in [0.25, 0.3) is 11.2 Å². The van der Waals surface area contributed by atoms with Gasteiger partial charge in [0, 0.05) is 27.2 Å². The maximum absolute atomic E-state index is 12.1. The maximum Gasteiger partial charge on any atom is 0.332 e. The number of aryl methyl sites for hydroxylation is 1. The number of imidazole rings is 1. The highest BCUT2D eigenvalue weighted by Gasteiger charge is 2.19. The molecule has 3 heterocycles. The first kappa shape index (κ1) is 14.9. The average Bonchev–Trinajstić information content (AvgIpc) is 3.17. The maximum atomic E-state index is 12.1. The Morgan fingerprint density at radius 1 is 1.23 bits per heavy atom. The second-order valence-electron chi connectivity index (χ2n) is 5.32. The van der Waals surface area contributed by atoms with Crippen LogP contribution in [0.2, 0.25) is 0 Å². The minimum Gasteiger partial charge on any atom is -0.342 e. The summed E-state index contributed by atoms with van der Waals surface area (Å²) in [4.78, 5) is 44.9. The smallest absolute Gasteiger partial charge is 0.332 e. The van der Waals surface area contributed by atoms with Crippen LogP contribution in [0.15, 0.2) is 14.7 Å². The Bertz CT molecular complexity index is 844. The van der Waals surface area contributed by atoms with Gasteiger partial charge in [-0.15, -0.1) is 0 Å². The number of thioether (sulfide) groups is 1. The molecule has 2 aromatic rings. The molecule has 0 aliphatic carbocycles. The van der Waals surface area contributed by atoms with E-state index in [0.29, 0.717) is 10.8 Å². The first-order valence-corrected chi connectivity index (χ1v) is 8.04. The topological polar surface area (TPSA) is 93.0 Å².